The number of carbonyl (C=O) groups is 1. The number of oxime groups is 1. The maximum atomic E-state index is 12.2. The lowest BCUT2D eigenvalue weighted by Crippen LogP contribution is -2.04. The molecule has 0 bridgehead atoms. The maximum absolute atomic E-state index is 12.2. The number of nitrogens with zero attached hydrogens (tertiary/aromatic N) is 1. The highest BCUT2D eigenvalue weighted by atomic mass is 19.4. The molecule has 1 rings (SSSR count). The number of benzene rings is 1. The second kappa shape index (κ2) is 5.33. The fraction of sp³-hybridized carbons (Fsp3) is 0.200. The van der Waals surface area contributed by atoms with Crippen LogP contribution in [0.25, 0.3) is 0 Å². The van der Waals surface area contributed by atoms with Gasteiger partial charge in [0.15, 0.2) is 0 Å². The molecule has 0 heterocycles. The fourth-order valence-electron chi connectivity index (χ4n) is 0.949. The summed E-state index contributed by atoms with van der Waals surface area (Å²) in [6, 6.07) is 4.21. The van der Waals surface area contributed by atoms with Crippen LogP contribution in [0.4, 0.5) is 13.2 Å². The second-order valence-electron chi connectivity index (χ2n) is 3.02. The molecule has 1 N–H and O–H groups in total. The Bertz CT molecular complexity index is 412. The van der Waals surface area contributed by atoms with Crippen LogP contribution < -0.4 is 0 Å². The first-order valence-corrected chi connectivity index (χ1v) is 4.44. The van der Waals surface area contributed by atoms with E-state index in [0.717, 1.165) is 18.3 Å². The molecule has 4 nitrogen and oxygen atoms in total. The molecule has 0 aliphatic heterocycles. The summed E-state index contributed by atoms with van der Waals surface area (Å²) in [4.78, 5) is 14.4. The van der Waals surface area contributed by atoms with E-state index in [4.69, 9.17) is 5.11 Å². The average molecular weight is 247 g/mol. The molecular formula is C10H8F3NO3. The Balaban J connectivity index is 2.60. The van der Waals surface area contributed by atoms with Crippen LogP contribution in [0.3, 0.4) is 0 Å². The molecule has 1 aromatic carbocycles. The minimum atomic E-state index is -4.38. The molecule has 7 heteroatoms. The summed E-state index contributed by atoms with van der Waals surface area (Å²) < 4.78 is 36.6. The van der Waals surface area contributed by atoms with E-state index in [-0.39, 0.29) is 0 Å². The SMILES string of the molecule is O=C(O)CON=Cc1ccc(C(F)(F)F)cc1. The van der Waals surface area contributed by atoms with Gasteiger partial charge in [0.25, 0.3) is 0 Å². The predicted octanol–water partition coefficient (Wildman–Crippen LogP) is 2.14. The Kier molecular flexibility index (Phi) is 4.08. The van der Waals surface area contributed by atoms with Gasteiger partial charge in [0.2, 0.25) is 6.61 Å². The Morgan fingerprint density at radius 2 is 1.94 bits per heavy atom. The van der Waals surface area contributed by atoms with E-state index in [1.165, 1.54) is 12.1 Å². The van der Waals surface area contributed by atoms with Crippen molar-refractivity contribution in [1.82, 2.24) is 0 Å². The van der Waals surface area contributed by atoms with Crippen LogP contribution in [-0.2, 0) is 15.8 Å². The zero-order valence-corrected chi connectivity index (χ0v) is 8.44. The van der Waals surface area contributed by atoms with Crippen LogP contribution in [0.15, 0.2) is 29.4 Å². The van der Waals surface area contributed by atoms with E-state index >= 15 is 0 Å². The van der Waals surface area contributed by atoms with E-state index in [1.54, 1.807) is 0 Å². The Hall–Kier alpha value is -2.05. The molecule has 0 radical (unpaired) electrons. The minimum absolute atomic E-state index is 0.378. The zero-order valence-electron chi connectivity index (χ0n) is 8.44. The lowest BCUT2D eigenvalue weighted by molar-refractivity contribution is -0.142. The molecule has 17 heavy (non-hydrogen) atoms. The molecular weight excluding hydrogens is 239 g/mol. The van der Waals surface area contributed by atoms with Crippen LogP contribution in [-0.4, -0.2) is 23.9 Å². The molecule has 0 aliphatic carbocycles. The number of carboxylic acid groups (broad SMARTS) is 1. The van der Waals surface area contributed by atoms with E-state index in [2.05, 4.69) is 9.99 Å². The highest BCUT2D eigenvalue weighted by molar-refractivity contribution is 5.79. The topological polar surface area (TPSA) is 58.9 Å². The van der Waals surface area contributed by atoms with Crippen molar-refractivity contribution in [2.75, 3.05) is 6.61 Å². The normalized spacial score (nSPS) is 11.7. The van der Waals surface area contributed by atoms with Gasteiger partial charge in [0.05, 0.1) is 11.8 Å². The summed E-state index contributed by atoms with van der Waals surface area (Å²) in [5, 5.41) is 11.5. The summed E-state index contributed by atoms with van der Waals surface area (Å²) >= 11 is 0. The number of hydrogen-bond donors (Lipinski definition) is 1. The Labute approximate surface area is 94.3 Å². The number of halogens is 3. The monoisotopic (exact) mass is 247 g/mol. The third-order valence-corrected chi connectivity index (χ3v) is 1.70. The molecule has 0 fully saturated rings. The maximum Gasteiger partial charge on any atom is 0.416 e. The van der Waals surface area contributed by atoms with Gasteiger partial charge in [-0.1, -0.05) is 17.3 Å². The summed E-state index contributed by atoms with van der Waals surface area (Å²) in [6.45, 7) is -0.600. The highest BCUT2D eigenvalue weighted by Gasteiger charge is 2.29. The molecule has 0 spiro atoms. The lowest BCUT2D eigenvalue weighted by atomic mass is 10.1. The van der Waals surface area contributed by atoms with Gasteiger partial charge in [-0.05, 0) is 17.7 Å². The van der Waals surface area contributed by atoms with Crippen molar-refractivity contribution in [3.63, 3.8) is 0 Å². The number of aliphatic carboxylic acids is 1. The van der Waals surface area contributed by atoms with Crippen LogP contribution in [0.1, 0.15) is 11.1 Å². The fourth-order valence-corrected chi connectivity index (χ4v) is 0.949. The largest absolute Gasteiger partial charge is 0.479 e. The molecule has 0 atom stereocenters. The summed E-state index contributed by atoms with van der Waals surface area (Å²) in [5.74, 6) is -1.19. The quantitative estimate of drug-likeness (QED) is 0.655. The molecule has 0 unspecified atom stereocenters. The van der Waals surface area contributed by atoms with E-state index in [9.17, 15) is 18.0 Å². The first kappa shape index (κ1) is 13.0. The summed E-state index contributed by atoms with van der Waals surface area (Å²) in [7, 11) is 0. The van der Waals surface area contributed by atoms with Crippen molar-refractivity contribution in [2.24, 2.45) is 5.16 Å². The van der Waals surface area contributed by atoms with Crippen LogP contribution in [0.5, 0.6) is 0 Å². The van der Waals surface area contributed by atoms with Gasteiger partial charge in [0, 0.05) is 0 Å². The van der Waals surface area contributed by atoms with Gasteiger partial charge in [-0.15, -0.1) is 0 Å². The van der Waals surface area contributed by atoms with Crippen molar-refractivity contribution >= 4 is 12.2 Å². The molecule has 1 aromatic rings. The van der Waals surface area contributed by atoms with E-state index in [0.29, 0.717) is 5.56 Å². The Morgan fingerprint density at radius 3 is 2.41 bits per heavy atom. The molecule has 0 saturated heterocycles. The van der Waals surface area contributed by atoms with Crippen LogP contribution in [0.2, 0.25) is 0 Å². The molecule has 0 aromatic heterocycles. The van der Waals surface area contributed by atoms with Crippen LogP contribution in [0, 0.1) is 0 Å². The predicted molar refractivity (Wildman–Crippen MR) is 52.6 cm³/mol. The standard InChI is InChI=1S/C10H8F3NO3/c11-10(12,13)8-3-1-7(2-4-8)5-14-17-6-9(15)16/h1-5H,6H2,(H,15,16). The average Bonchev–Trinajstić information content (AvgIpc) is 2.23. The van der Waals surface area contributed by atoms with Crippen molar-refractivity contribution in [3.8, 4) is 0 Å². The summed E-state index contributed by atoms with van der Waals surface area (Å²) in [6.07, 6.45) is -3.25. The van der Waals surface area contributed by atoms with E-state index < -0.39 is 24.3 Å². The number of carboxylic acids is 1. The highest BCUT2D eigenvalue weighted by Crippen LogP contribution is 2.28. The van der Waals surface area contributed by atoms with Crippen molar-refractivity contribution in [2.45, 2.75) is 6.18 Å². The Morgan fingerprint density at radius 1 is 1.35 bits per heavy atom. The van der Waals surface area contributed by atoms with Gasteiger partial charge in [-0.2, -0.15) is 13.2 Å². The minimum Gasteiger partial charge on any atom is -0.479 e. The number of rotatable bonds is 4. The van der Waals surface area contributed by atoms with Crippen LogP contribution >= 0.6 is 0 Å². The van der Waals surface area contributed by atoms with E-state index in [1.807, 2.05) is 0 Å². The number of alkyl halides is 3. The second-order valence-corrected chi connectivity index (χ2v) is 3.02. The third kappa shape index (κ3) is 4.54. The molecule has 0 saturated carbocycles. The molecule has 0 aliphatic rings. The van der Waals surface area contributed by atoms with Crippen molar-refractivity contribution < 1.29 is 27.9 Å². The van der Waals surface area contributed by atoms with Gasteiger partial charge in [-0.3, -0.25) is 0 Å². The molecule has 92 valence electrons. The third-order valence-electron chi connectivity index (χ3n) is 1.70. The zero-order chi connectivity index (χ0) is 12.9. The smallest absolute Gasteiger partial charge is 0.416 e. The molecule has 0 amide bonds. The summed E-state index contributed by atoms with van der Waals surface area (Å²) in [5.41, 5.74) is -0.385. The first-order valence-electron chi connectivity index (χ1n) is 4.44. The van der Waals surface area contributed by atoms with Crippen molar-refractivity contribution in [1.29, 1.82) is 0 Å². The van der Waals surface area contributed by atoms with Gasteiger partial charge < -0.3 is 9.94 Å². The lowest BCUT2D eigenvalue weighted by Gasteiger charge is -2.05. The number of hydrogen-bond acceptors (Lipinski definition) is 3. The van der Waals surface area contributed by atoms with Gasteiger partial charge in [-0.25, -0.2) is 4.79 Å². The first-order chi connectivity index (χ1) is 7.89. The van der Waals surface area contributed by atoms with Gasteiger partial charge in [0.1, 0.15) is 0 Å². The van der Waals surface area contributed by atoms with Gasteiger partial charge >= 0.3 is 12.1 Å². The van der Waals surface area contributed by atoms with Crippen molar-refractivity contribution in [3.05, 3.63) is 35.4 Å².